The first-order valence-corrected chi connectivity index (χ1v) is 8.40. The number of aryl methyl sites for hydroxylation is 1. The van der Waals surface area contributed by atoms with Crippen LogP contribution in [0.15, 0.2) is 45.7 Å². The number of allylic oxidation sites excluding steroid dienone is 2. The number of halogens is 1. The first-order valence-electron chi connectivity index (χ1n) is 8.02. The maximum absolute atomic E-state index is 13.1. The van der Waals surface area contributed by atoms with Gasteiger partial charge >= 0.3 is 6.03 Å². The molecule has 0 aliphatic carbocycles. The van der Waals surface area contributed by atoms with E-state index in [1.165, 1.54) is 0 Å². The second kappa shape index (κ2) is 6.46. The maximum atomic E-state index is 13.1. The number of urea groups is 1. The number of carbonyl (C=O) groups is 1. The monoisotopic (exact) mass is 359 g/mol. The Labute approximate surface area is 151 Å². The normalized spacial score (nSPS) is 19.4. The van der Waals surface area contributed by atoms with E-state index in [1.54, 1.807) is 25.3 Å². The number of hydrogen-bond donors (Lipinski definition) is 1. The van der Waals surface area contributed by atoms with Crippen LogP contribution < -0.4 is 9.91 Å². The van der Waals surface area contributed by atoms with Crippen LogP contribution in [0.5, 0.6) is 0 Å². The van der Waals surface area contributed by atoms with Gasteiger partial charge in [0.15, 0.2) is 11.5 Å². The molecule has 0 radical (unpaired) electrons. The third-order valence-electron chi connectivity index (χ3n) is 4.05. The molecule has 2 heterocycles. The Balaban J connectivity index is 2.20. The number of aromatic nitrogens is 1. The standard InChI is InChI=1S/C18H19ClN4O2/c1-11(2)21-18(24)23(12(3)9-10-20-23)17-13(4)25-22-16(17)14-5-7-15(19)8-6-14/h5-11H,1-4H3/p+1. The number of amides is 2. The molecule has 0 bridgehead atoms. The summed E-state index contributed by atoms with van der Waals surface area (Å²) in [4.78, 5) is 13.1. The number of hydrogen-bond acceptors (Lipinski definition) is 4. The van der Waals surface area contributed by atoms with Crippen molar-refractivity contribution in [3.05, 3.63) is 46.8 Å². The van der Waals surface area contributed by atoms with Gasteiger partial charge < -0.3 is 9.84 Å². The average Bonchev–Trinajstić information content (AvgIpc) is 3.11. The van der Waals surface area contributed by atoms with Crippen LogP contribution in [-0.4, -0.2) is 23.4 Å². The molecule has 0 fully saturated rings. The van der Waals surface area contributed by atoms with Crippen LogP contribution >= 0.6 is 11.6 Å². The summed E-state index contributed by atoms with van der Waals surface area (Å²) in [7, 11) is 0. The van der Waals surface area contributed by atoms with Crippen LogP contribution in [0.1, 0.15) is 26.5 Å². The molecule has 1 aromatic carbocycles. The molecule has 1 unspecified atom stereocenters. The van der Waals surface area contributed by atoms with Gasteiger partial charge in [0, 0.05) is 36.6 Å². The summed E-state index contributed by atoms with van der Waals surface area (Å²) < 4.78 is 5.11. The van der Waals surface area contributed by atoms with Gasteiger partial charge in [0.2, 0.25) is 5.69 Å². The molecule has 130 valence electrons. The van der Waals surface area contributed by atoms with E-state index in [1.807, 2.05) is 39.0 Å². The summed E-state index contributed by atoms with van der Waals surface area (Å²) in [5.41, 5.74) is 2.74. The number of benzene rings is 1. The van der Waals surface area contributed by atoms with Gasteiger partial charge in [0.05, 0.1) is 6.21 Å². The highest BCUT2D eigenvalue weighted by Crippen LogP contribution is 2.42. The van der Waals surface area contributed by atoms with Gasteiger partial charge in [-0.25, -0.2) is 4.79 Å². The van der Waals surface area contributed by atoms with Crippen molar-refractivity contribution >= 4 is 29.5 Å². The first kappa shape index (κ1) is 17.4. The Kier molecular flexibility index (Phi) is 4.49. The maximum Gasteiger partial charge on any atom is 0.453 e. The van der Waals surface area contributed by atoms with Crippen LogP contribution in [0.2, 0.25) is 5.02 Å². The highest BCUT2D eigenvalue weighted by atomic mass is 35.5. The molecule has 1 aliphatic rings. The lowest BCUT2D eigenvalue weighted by molar-refractivity contribution is 0.211. The molecule has 1 atom stereocenters. The summed E-state index contributed by atoms with van der Waals surface area (Å²) in [5.74, 6) is 0.538. The van der Waals surface area contributed by atoms with Crippen LogP contribution in [-0.2, 0) is 0 Å². The molecular formula is C18H20ClN4O2+. The highest BCUT2D eigenvalue weighted by molar-refractivity contribution is 6.30. The minimum Gasteiger partial charge on any atom is -0.354 e. The molecular weight excluding hydrogens is 340 g/mol. The molecule has 2 amide bonds. The number of nitrogens with zero attached hydrogens (tertiary/aromatic N) is 3. The van der Waals surface area contributed by atoms with Crippen molar-refractivity contribution in [1.29, 1.82) is 0 Å². The second-order valence-electron chi connectivity index (χ2n) is 6.26. The van der Waals surface area contributed by atoms with Crippen molar-refractivity contribution in [2.24, 2.45) is 5.10 Å². The zero-order valence-corrected chi connectivity index (χ0v) is 15.3. The molecule has 7 heteroatoms. The van der Waals surface area contributed by atoms with Gasteiger partial charge in [0.1, 0.15) is 5.70 Å². The predicted octanol–water partition coefficient (Wildman–Crippen LogP) is 4.63. The lowest BCUT2D eigenvalue weighted by atomic mass is 10.1. The van der Waals surface area contributed by atoms with Crippen molar-refractivity contribution in [2.45, 2.75) is 33.7 Å². The van der Waals surface area contributed by atoms with Crippen molar-refractivity contribution in [3.8, 4) is 11.3 Å². The molecule has 2 aromatic rings. The van der Waals surface area contributed by atoms with Crippen LogP contribution in [0.3, 0.4) is 0 Å². The Morgan fingerprint density at radius 1 is 1.24 bits per heavy atom. The van der Waals surface area contributed by atoms with Crippen molar-refractivity contribution < 1.29 is 9.32 Å². The number of carbonyl (C=O) groups excluding carboxylic acids is 1. The summed E-state index contributed by atoms with van der Waals surface area (Å²) in [6.45, 7) is 7.47. The lowest BCUT2D eigenvalue weighted by Crippen LogP contribution is -2.54. The average molecular weight is 360 g/mol. The largest absolute Gasteiger partial charge is 0.453 e. The van der Waals surface area contributed by atoms with Gasteiger partial charge in [-0.2, -0.15) is 0 Å². The molecule has 25 heavy (non-hydrogen) atoms. The first-order chi connectivity index (χ1) is 11.9. The number of rotatable bonds is 3. The SMILES string of the molecule is CC1=CC=N[N+]1(C(=O)NC(C)C)c1c(-c2ccc(Cl)cc2)noc1C. The van der Waals surface area contributed by atoms with Crippen molar-refractivity contribution in [1.82, 2.24) is 15.1 Å². The smallest absolute Gasteiger partial charge is 0.354 e. The molecule has 1 aromatic heterocycles. The van der Waals surface area contributed by atoms with E-state index in [0.29, 0.717) is 22.2 Å². The number of nitrogens with one attached hydrogen (secondary N) is 1. The second-order valence-corrected chi connectivity index (χ2v) is 6.69. The lowest BCUT2D eigenvalue weighted by Gasteiger charge is -2.27. The van der Waals surface area contributed by atoms with Crippen molar-refractivity contribution in [2.75, 3.05) is 0 Å². The Morgan fingerprint density at radius 3 is 2.48 bits per heavy atom. The van der Waals surface area contributed by atoms with Gasteiger partial charge in [-0.15, -0.1) is 0 Å². The highest BCUT2D eigenvalue weighted by Gasteiger charge is 2.50. The molecule has 3 rings (SSSR count). The fraction of sp³-hybridized carbons (Fsp3) is 0.278. The Morgan fingerprint density at radius 2 is 1.92 bits per heavy atom. The minimum atomic E-state index is -0.328. The van der Waals surface area contributed by atoms with E-state index in [4.69, 9.17) is 16.1 Å². The summed E-state index contributed by atoms with van der Waals surface area (Å²) >= 11 is 5.99. The van der Waals surface area contributed by atoms with E-state index < -0.39 is 0 Å². The van der Waals surface area contributed by atoms with Crippen LogP contribution in [0, 0.1) is 6.92 Å². The molecule has 1 N–H and O–H groups in total. The van der Waals surface area contributed by atoms with Gasteiger partial charge in [-0.3, -0.25) is 0 Å². The fourth-order valence-electron chi connectivity index (χ4n) is 2.87. The third-order valence-corrected chi connectivity index (χ3v) is 4.30. The van der Waals surface area contributed by atoms with Gasteiger partial charge in [0.25, 0.3) is 0 Å². The zero-order valence-electron chi connectivity index (χ0n) is 14.6. The van der Waals surface area contributed by atoms with Crippen molar-refractivity contribution in [3.63, 3.8) is 0 Å². The third kappa shape index (κ3) is 2.88. The van der Waals surface area contributed by atoms with Gasteiger partial charge in [-0.05, 0) is 26.0 Å². The summed E-state index contributed by atoms with van der Waals surface area (Å²) in [6.07, 6.45) is 3.45. The molecule has 0 spiro atoms. The Bertz CT molecular complexity index is 868. The molecule has 6 nitrogen and oxygen atoms in total. The van der Waals surface area contributed by atoms with E-state index in [2.05, 4.69) is 15.6 Å². The number of quaternary nitrogens is 1. The van der Waals surface area contributed by atoms with E-state index in [9.17, 15) is 4.79 Å². The Hall–Kier alpha value is -2.44. The van der Waals surface area contributed by atoms with Gasteiger partial charge in [-0.1, -0.05) is 38.6 Å². The summed E-state index contributed by atoms with van der Waals surface area (Å²) in [6, 6.07) is 6.97. The minimum absolute atomic E-state index is 0.0229. The molecule has 0 saturated carbocycles. The van der Waals surface area contributed by atoms with Crippen LogP contribution in [0.4, 0.5) is 10.5 Å². The summed E-state index contributed by atoms with van der Waals surface area (Å²) in [5, 5.41) is 12.3. The molecule has 0 saturated heterocycles. The van der Waals surface area contributed by atoms with E-state index in [0.717, 1.165) is 11.3 Å². The topological polar surface area (TPSA) is 67.5 Å². The fourth-order valence-corrected chi connectivity index (χ4v) is 3.00. The zero-order chi connectivity index (χ0) is 18.2. The quantitative estimate of drug-likeness (QED) is 0.812. The van der Waals surface area contributed by atoms with E-state index in [-0.39, 0.29) is 16.7 Å². The van der Waals surface area contributed by atoms with E-state index >= 15 is 0 Å². The molecule has 1 aliphatic heterocycles. The van der Waals surface area contributed by atoms with Crippen LogP contribution in [0.25, 0.3) is 11.3 Å². The predicted molar refractivity (Wildman–Crippen MR) is 99.4 cm³/mol.